The van der Waals surface area contributed by atoms with Gasteiger partial charge >= 0.3 is 0 Å². The Balaban J connectivity index is 1.44. The lowest BCUT2D eigenvalue weighted by atomic mass is 9.71. The van der Waals surface area contributed by atoms with Gasteiger partial charge in [0.05, 0.1) is 10.6 Å². The molecule has 184 valence electrons. The van der Waals surface area contributed by atoms with Gasteiger partial charge in [-0.15, -0.1) is 0 Å². The lowest BCUT2D eigenvalue weighted by molar-refractivity contribution is 0.102. The molecule has 1 aliphatic rings. The Morgan fingerprint density at radius 1 is 0.971 bits per heavy atom. The molecule has 0 aromatic heterocycles. The fraction of sp³-hybridized carbons (Fsp3) is 0.296. The van der Waals surface area contributed by atoms with Crippen LogP contribution in [0.5, 0.6) is 5.75 Å². The largest absolute Gasteiger partial charge is 0.506 e. The van der Waals surface area contributed by atoms with Crippen LogP contribution in [0.4, 0.5) is 15.8 Å². The summed E-state index contributed by atoms with van der Waals surface area (Å²) in [6.07, 6.45) is 4.66. The van der Waals surface area contributed by atoms with Crippen molar-refractivity contribution < 1.29 is 22.7 Å². The molecular formula is C27H29FN2O4S. The minimum absolute atomic E-state index is 0.109. The number of phenols is 1. The van der Waals surface area contributed by atoms with Crippen LogP contribution >= 0.6 is 0 Å². The van der Waals surface area contributed by atoms with Crippen LogP contribution in [0.15, 0.2) is 71.6 Å². The SMILES string of the molecule is CC1(C)CCC(c2ccc(C(=O)Nc3ccc(O)c(NS(=O)(=O)c4ccc(F)cc4)c3)cc2)CC1. The lowest BCUT2D eigenvalue weighted by Gasteiger charge is -2.34. The highest BCUT2D eigenvalue weighted by Crippen LogP contribution is 2.42. The van der Waals surface area contributed by atoms with Crippen LogP contribution in [0.2, 0.25) is 0 Å². The molecule has 35 heavy (non-hydrogen) atoms. The zero-order valence-corrected chi connectivity index (χ0v) is 20.5. The molecule has 3 aromatic carbocycles. The number of hydrogen-bond acceptors (Lipinski definition) is 4. The van der Waals surface area contributed by atoms with Gasteiger partial charge < -0.3 is 10.4 Å². The van der Waals surface area contributed by atoms with Crippen LogP contribution in [0.3, 0.4) is 0 Å². The van der Waals surface area contributed by atoms with Crippen molar-refractivity contribution in [1.29, 1.82) is 0 Å². The molecule has 0 aliphatic heterocycles. The van der Waals surface area contributed by atoms with Crippen molar-refractivity contribution in [3.8, 4) is 5.75 Å². The van der Waals surface area contributed by atoms with Crippen LogP contribution in [0.1, 0.15) is 61.4 Å². The van der Waals surface area contributed by atoms with Crippen LogP contribution in [-0.4, -0.2) is 19.4 Å². The second-order valence-electron chi connectivity index (χ2n) is 9.81. The third kappa shape index (κ3) is 6.00. The van der Waals surface area contributed by atoms with Gasteiger partial charge in [-0.2, -0.15) is 0 Å². The molecule has 0 radical (unpaired) electrons. The smallest absolute Gasteiger partial charge is 0.262 e. The molecule has 0 unspecified atom stereocenters. The minimum atomic E-state index is -4.06. The number of halogens is 1. The van der Waals surface area contributed by atoms with Gasteiger partial charge in [0.15, 0.2) is 0 Å². The number of aromatic hydroxyl groups is 1. The molecule has 0 saturated heterocycles. The van der Waals surface area contributed by atoms with Crippen molar-refractivity contribution in [3.63, 3.8) is 0 Å². The van der Waals surface area contributed by atoms with E-state index >= 15 is 0 Å². The summed E-state index contributed by atoms with van der Waals surface area (Å²) in [6.45, 7) is 4.61. The van der Waals surface area contributed by atoms with Crippen LogP contribution < -0.4 is 10.0 Å². The molecule has 6 nitrogen and oxygen atoms in total. The van der Waals surface area contributed by atoms with E-state index in [2.05, 4.69) is 23.9 Å². The number of anilines is 2. The summed E-state index contributed by atoms with van der Waals surface area (Å²) >= 11 is 0. The fourth-order valence-electron chi connectivity index (χ4n) is 4.36. The molecule has 1 fully saturated rings. The molecular weight excluding hydrogens is 467 g/mol. The number of sulfonamides is 1. The van der Waals surface area contributed by atoms with Gasteiger partial charge in [-0.3, -0.25) is 9.52 Å². The molecule has 0 spiro atoms. The number of benzene rings is 3. The summed E-state index contributed by atoms with van der Waals surface area (Å²) in [5, 5.41) is 12.9. The maximum absolute atomic E-state index is 13.1. The summed E-state index contributed by atoms with van der Waals surface area (Å²) in [5.41, 5.74) is 2.31. The van der Waals surface area contributed by atoms with Gasteiger partial charge in [0.2, 0.25) is 0 Å². The Morgan fingerprint density at radius 2 is 1.60 bits per heavy atom. The average molecular weight is 497 g/mol. The number of carbonyl (C=O) groups excluding carboxylic acids is 1. The quantitative estimate of drug-likeness (QED) is 0.277. The van der Waals surface area contributed by atoms with Crippen molar-refractivity contribution in [1.82, 2.24) is 0 Å². The van der Waals surface area contributed by atoms with Crippen LogP contribution in [-0.2, 0) is 10.0 Å². The van der Waals surface area contributed by atoms with E-state index in [1.54, 1.807) is 12.1 Å². The van der Waals surface area contributed by atoms with Crippen LogP contribution in [0.25, 0.3) is 0 Å². The Morgan fingerprint density at radius 3 is 2.23 bits per heavy atom. The zero-order chi connectivity index (χ0) is 25.2. The van der Waals surface area contributed by atoms with E-state index in [0.717, 1.165) is 37.1 Å². The van der Waals surface area contributed by atoms with E-state index in [1.807, 2.05) is 12.1 Å². The minimum Gasteiger partial charge on any atom is -0.506 e. The van der Waals surface area contributed by atoms with Gasteiger partial charge in [0.25, 0.3) is 15.9 Å². The molecule has 3 aromatic rings. The number of rotatable bonds is 6. The fourth-order valence-corrected chi connectivity index (χ4v) is 5.42. The highest BCUT2D eigenvalue weighted by atomic mass is 32.2. The topological polar surface area (TPSA) is 95.5 Å². The Kier molecular flexibility index (Phi) is 6.85. The van der Waals surface area contributed by atoms with E-state index < -0.39 is 15.8 Å². The first-order valence-electron chi connectivity index (χ1n) is 11.6. The number of phenolic OH excluding ortho intramolecular Hbond substituents is 1. The lowest BCUT2D eigenvalue weighted by Crippen LogP contribution is -2.20. The number of hydrogen-bond donors (Lipinski definition) is 3. The van der Waals surface area contributed by atoms with Crippen molar-refractivity contribution in [3.05, 3.63) is 83.7 Å². The maximum Gasteiger partial charge on any atom is 0.262 e. The predicted molar refractivity (Wildman–Crippen MR) is 135 cm³/mol. The summed E-state index contributed by atoms with van der Waals surface area (Å²) in [5.74, 6) is -0.714. The average Bonchev–Trinajstić information content (AvgIpc) is 2.81. The molecule has 1 saturated carbocycles. The first-order chi connectivity index (χ1) is 16.5. The van der Waals surface area contributed by atoms with E-state index in [4.69, 9.17) is 0 Å². The summed E-state index contributed by atoms with van der Waals surface area (Å²) < 4.78 is 40.6. The second kappa shape index (κ2) is 9.70. The van der Waals surface area contributed by atoms with E-state index in [-0.39, 0.29) is 22.2 Å². The van der Waals surface area contributed by atoms with Gasteiger partial charge in [0, 0.05) is 11.3 Å². The van der Waals surface area contributed by atoms with Gasteiger partial charge in [-0.05, 0) is 97.2 Å². The second-order valence-corrected chi connectivity index (χ2v) is 11.5. The molecule has 4 rings (SSSR count). The van der Waals surface area contributed by atoms with Crippen molar-refractivity contribution in [2.75, 3.05) is 10.0 Å². The molecule has 0 atom stereocenters. The standard InChI is InChI=1S/C27H29FN2O4S/c1-27(2)15-13-19(14-16-27)18-3-5-20(6-4-18)26(32)29-22-9-12-25(31)24(17-22)30-35(33,34)23-10-7-21(28)8-11-23/h3-12,17,19,30-31H,13-16H2,1-2H3,(H,29,32). The zero-order valence-electron chi connectivity index (χ0n) is 19.7. The van der Waals surface area contributed by atoms with Crippen molar-refractivity contribution in [2.24, 2.45) is 5.41 Å². The monoisotopic (exact) mass is 496 g/mol. The van der Waals surface area contributed by atoms with E-state index in [0.29, 0.717) is 22.6 Å². The molecule has 1 amide bonds. The number of carbonyl (C=O) groups is 1. The Labute approximate surface area is 205 Å². The third-order valence-electron chi connectivity index (χ3n) is 6.61. The summed E-state index contributed by atoms with van der Waals surface area (Å²) in [6, 6.07) is 16.0. The Bertz CT molecular complexity index is 1310. The van der Waals surface area contributed by atoms with Gasteiger partial charge in [-0.1, -0.05) is 26.0 Å². The first kappa shape index (κ1) is 24.7. The number of nitrogens with one attached hydrogen (secondary N) is 2. The molecule has 8 heteroatoms. The van der Waals surface area contributed by atoms with Crippen molar-refractivity contribution in [2.45, 2.75) is 50.3 Å². The first-order valence-corrected chi connectivity index (χ1v) is 13.0. The molecule has 3 N–H and O–H groups in total. The molecule has 0 bridgehead atoms. The van der Waals surface area contributed by atoms with Gasteiger partial charge in [0.1, 0.15) is 11.6 Å². The van der Waals surface area contributed by atoms with Crippen LogP contribution in [0, 0.1) is 11.2 Å². The number of amides is 1. The van der Waals surface area contributed by atoms with E-state index in [9.17, 15) is 22.7 Å². The summed E-state index contributed by atoms with van der Waals surface area (Å²) in [4.78, 5) is 12.6. The van der Waals surface area contributed by atoms with Gasteiger partial charge in [-0.25, -0.2) is 12.8 Å². The normalized spacial score (nSPS) is 16.0. The highest BCUT2D eigenvalue weighted by Gasteiger charge is 2.27. The third-order valence-corrected chi connectivity index (χ3v) is 7.99. The predicted octanol–water partition coefficient (Wildman–Crippen LogP) is 6.27. The van der Waals surface area contributed by atoms with Crippen molar-refractivity contribution >= 4 is 27.3 Å². The summed E-state index contributed by atoms with van der Waals surface area (Å²) in [7, 11) is -4.06. The molecule has 1 aliphatic carbocycles. The highest BCUT2D eigenvalue weighted by molar-refractivity contribution is 7.92. The van der Waals surface area contributed by atoms with E-state index in [1.165, 1.54) is 36.6 Å². The maximum atomic E-state index is 13.1. The molecule has 0 heterocycles. The Hall–Kier alpha value is -3.39.